The molecule has 0 aromatic rings. The van der Waals surface area contributed by atoms with Gasteiger partial charge in [0.05, 0.1) is 39.6 Å². The van der Waals surface area contributed by atoms with Crippen LogP contribution < -0.4 is 0 Å². The minimum atomic E-state index is -4.25. The Morgan fingerprint density at radius 2 is 0.632 bits per heavy atom. The second-order valence-corrected chi connectivity index (χ2v) is 13.8. The van der Waals surface area contributed by atoms with Crippen LogP contribution in [-0.2, 0) is 37.9 Å². The molecule has 8 nitrogen and oxygen atoms in total. The van der Waals surface area contributed by atoms with E-state index in [2.05, 4.69) is 37.2 Å². The van der Waals surface area contributed by atoms with E-state index in [-0.39, 0.29) is 44.3 Å². The Morgan fingerprint density at radius 3 is 0.807 bits per heavy atom. The molecule has 0 amide bonds. The van der Waals surface area contributed by atoms with Crippen molar-refractivity contribution in [3.05, 3.63) is 0 Å². The molecule has 0 saturated heterocycles. The van der Waals surface area contributed by atoms with Crippen molar-refractivity contribution in [3.63, 3.8) is 0 Å². The van der Waals surface area contributed by atoms with Crippen LogP contribution in [0.3, 0.4) is 0 Å². The van der Waals surface area contributed by atoms with Gasteiger partial charge in [-0.1, -0.05) is 124 Å². The van der Waals surface area contributed by atoms with Crippen LogP contribution in [-0.4, -0.2) is 121 Å². The van der Waals surface area contributed by atoms with Crippen LogP contribution in [0.4, 0.5) is 26.3 Å². The first-order chi connectivity index (χ1) is 25.6. The normalized spacial score (nSPS) is 12.6. The summed E-state index contributed by atoms with van der Waals surface area (Å²) in [4.78, 5) is 0. The Kier molecular flexibility index (Phi) is 71.9. The van der Waals surface area contributed by atoms with Crippen LogP contribution in [0.2, 0.25) is 0 Å². The van der Waals surface area contributed by atoms with Crippen LogP contribution in [0.15, 0.2) is 0 Å². The SMILES string of the molecule is C.C.CC.CC.CCC(C)(COC)COCC(F)(F)F.CCC(C)(COC)COCC(F)(F)F.CCCCCOC.CCCCCOC.COCC(C)(C)COC. The fourth-order valence-corrected chi connectivity index (χ4v) is 3.83. The van der Waals surface area contributed by atoms with Gasteiger partial charge < -0.3 is 37.9 Å². The van der Waals surface area contributed by atoms with Crippen LogP contribution in [0.25, 0.3) is 0 Å². The maximum Gasteiger partial charge on any atom is 0.411 e. The molecule has 0 bridgehead atoms. The molecule has 0 aliphatic rings. The summed E-state index contributed by atoms with van der Waals surface area (Å²) in [5.74, 6) is 0. The molecule has 0 heterocycles. The predicted octanol–water partition coefficient (Wildman–Crippen LogP) is 13.5. The lowest BCUT2D eigenvalue weighted by atomic mass is 9.90. The number of unbranched alkanes of at least 4 members (excludes halogenated alkanes) is 4. The minimum Gasteiger partial charge on any atom is -0.385 e. The van der Waals surface area contributed by atoms with E-state index >= 15 is 0 Å². The smallest absolute Gasteiger partial charge is 0.385 e. The number of methoxy groups -OCH3 is 6. The van der Waals surface area contributed by atoms with E-state index in [1.807, 2.05) is 55.4 Å². The highest BCUT2D eigenvalue weighted by atomic mass is 19.4. The lowest BCUT2D eigenvalue weighted by molar-refractivity contribution is -0.182. The van der Waals surface area contributed by atoms with Gasteiger partial charge in [-0.05, 0) is 25.7 Å². The van der Waals surface area contributed by atoms with Crippen molar-refractivity contribution in [2.75, 3.05) is 109 Å². The second-order valence-electron chi connectivity index (χ2n) is 13.8. The zero-order valence-corrected chi connectivity index (χ0v) is 38.8. The van der Waals surface area contributed by atoms with E-state index in [1.165, 1.54) is 52.7 Å². The molecule has 14 heteroatoms. The molecule has 0 aliphatic carbocycles. The van der Waals surface area contributed by atoms with Gasteiger partial charge in [-0.15, -0.1) is 0 Å². The van der Waals surface area contributed by atoms with Crippen molar-refractivity contribution in [3.8, 4) is 0 Å². The standard InChI is InChI=1S/2C9H17F3O2.C7H16O2.2C6H14O.2C2H6.2CH4/c2*1-4-8(2,5-13-3)6-14-7-9(10,11)12;1-7(2,5-8-3)6-9-4;2*1-3-4-5-6-7-2;2*1-2;;/h2*4-7H2,1-3H3;5-6H2,1-4H3;2*3-6H2,1-2H3;2*1-2H3;2*1H4. The highest BCUT2D eigenvalue weighted by molar-refractivity contribution is 4.72. The number of halogens is 6. The van der Waals surface area contributed by atoms with E-state index in [1.54, 1.807) is 28.4 Å². The molecule has 0 N–H and O–H groups in total. The van der Waals surface area contributed by atoms with Gasteiger partial charge in [0, 0.05) is 72.1 Å². The molecule has 0 spiro atoms. The van der Waals surface area contributed by atoms with Crippen molar-refractivity contribution in [2.24, 2.45) is 16.2 Å². The summed E-state index contributed by atoms with van der Waals surface area (Å²) >= 11 is 0. The molecular weight excluding hydrogens is 758 g/mol. The molecule has 0 fully saturated rings. The minimum absolute atomic E-state index is 0. The van der Waals surface area contributed by atoms with Crippen LogP contribution in [0, 0.1) is 16.2 Å². The zero-order valence-electron chi connectivity index (χ0n) is 38.8. The molecule has 0 aromatic carbocycles. The van der Waals surface area contributed by atoms with Crippen LogP contribution in [0.1, 0.15) is 149 Å². The lowest BCUT2D eigenvalue weighted by Gasteiger charge is -2.27. The van der Waals surface area contributed by atoms with Crippen LogP contribution >= 0.6 is 0 Å². The van der Waals surface area contributed by atoms with Gasteiger partial charge in [-0.3, -0.25) is 0 Å². The highest BCUT2D eigenvalue weighted by Gasteiger charge is 2.31. The number of alkyl halides is 6. The second kappa shape index (κ2) is 53.3. The number of ether oxygens (including phenoxy) is 8. The summed E-state index contributed by atoms with van der Waals surface area (Å²) in [6, 6.07) is 0. The number of hydrogen-bond acceptors (Lipinski definition) is 8. The Labute approximate surface area is 350 Å². The summed E-state index contributed by atoms with van der Waals surface area (Å²) in [5.41, 5.74) is -0.510. The monoisotopic (exact) mass is 857 g/mol. The Hall–Kier alpha value is -0.740. The first kappa shape index (κ1) is 76.9. The average molecular weight is 857 g/mol. The largest absolute Gasteiger partial charge is 0.411 e. The van der Waals surface area contributed by atoms with E-state index in [9.17, 15) is 26.3 Å². The zero-order chi connectivity index (χ0) is 44.9. The van der Waals surface area contributed by atoms with Crippen molar-refractivity contribution in [2.45, 2.75) is 162 Å². The molecule has 0 rings (SSSR count). The maximum absolute atomic E-state index is 11.8. The summed E-state index contributed by atoms with van der Waals surface area (Å²) in [6.45, 7) is 26.0. The van der Waals surface area contributed by atoms with Gasteiger partial charge in [0.15, 0.2) is 0 Å². The van der Waals surface area contributed by atoms with E-state index < -0.39 is 25.6 Å². The molecular formula is C43H98F6O8. The Morgan fingerprint density at radius 1 is 0.368 bits per heavy atom. The van der Waals surface area contributed by atoms with Crippen LogP contribution in [0.5, 0.6) is 0 Å². The molecule has 0 saturated carbocycles. The van der Waals surface area contributed by atoms with E-state index in [0.29, 0.717) is 13.2 Å². The third-order valence-electron chi connectivity index (χ3n) is 7.10. The summed E-state index contributed by atoms with van der Waals surface area (Å²) < 4.78 is 109. The first-order valence-electron chi connectivity index (χ1n) is 19.8. The van der Waals surface area contributed by atoms with Crippen molar-refractivity contribution in [1.29, 1.82) is 0 Å². The summed E-state index contributed by atoms with van der Waals surface area (Å²) in [6.07, 6.45) is 0.537. The molecule has 57 heavy (non-hydrogen) atoms. The number of hydrogen-bond donors (Lipinski definition) is 0. The lowest BCUT2D eigenvalue weighted by Crippen LogP contribution is -2.30. The van der Waals surface area contributed by atoms with Gasteiger partial charge >= 0.3 is 12.4 Å². The molecule has 2 atom stereocenters. The Balaban J connectivity index is -0.0000000718. The quantitative estimate of drug-likeness (QED) is 0.0702. The van der Waals surface area contributed by atoms with Gasteiger partial charge in [0.2, 0.25) is 0 Å². The first-order valence-corrected chi connectivity index (χ1v) is 19.8. The molecule has 0 radical (unpaired) electrons. The average Bonchev–Trinajstić information content (AvgIpc) is 3.11. The fourth-order valence-electron chi connectivity index (χ4n) is 3.83. The third kappa shape index (κ3) is 76.5. The van der Waals surface area contributed by atoms with E-state index in [4.69, 9.17) is 28.4 Å². The van der Waals surface area contributed by atoms with Gasteiger partial charge in [0.25, 0.3) is 0 Å². The topological polar surface area (TPSA) is 73.8 Å². The molecule has 0 aliphatic heterocycles. The predicted molar refractivity (Wildman–Crippen MR) is 231 cm³/mol. The fraction of sp³-hybridized carbons (Fsp3) is 1.00. The number of rotatable bonds is 24. The van der Waals surface area contributed by atoms with E-state index in [0.717, 1.165) is 39.3 Å². The molecule has 2 unspecified atom stereocenters. The van der Waals surface area contributed by atoms with Gasteiger partial charge in [0.1, 0.15) is 13.2 Å². The maximum atomic E-state index is 11.8. The summed E-state index contributed by atoms with van der Waals surface area (Å²) in [7, 11) is 9.95. The van der Waals surface area contributed by atoms with Crippen molar-refractivity contribution < 1.29 is 64.2 Å². The van der Waals surface area contributed by atoms with Crippen molar-refractivity contribution in [1.82, 2.24) is 0 Å². The van der Waals surface area contributed by atoms with Gasteiger partial charge in [-0.2, -0.15) is 26.3 Å². The van der Waals surface area contributed by atoms with Crippen molar-refractivity contribution >= 4 is 0 Å². The third-order valence-corrected chi connectivity index (χ3v) is 7.10. The highest BCUT2D eigenvalue weighted by Crippen LogP contribution is 2.24. The Bertz CT molecular complexity index is 625. The molecule has 0 aromatic heterocycles. The molecule has 360 valence electrons. The summed E-state index contributed by atoms with van der Waals surface area (Å²) in [5, 5.41) is 0. The van der Waals surface area contributed by atoms with Gasteiger partial charge in [-0.25, -0.2) is 0 Å².